The van der Waals surface area contributed by atoms with Crippen LogP contribution in [-0.2, 0) is 14.3 Å². The van der Waals surface area contributed by atoms with Crippen LogP contribution in [0.4, 0.5) is 11.4 Å². The lowest BCUT2D eigenvalue weighted by molar-refractivity contribution is -0.151. The van der Waals surface area contributed by atoms with Crippen molar-refractivity contribution in [1.29, 1.82) is 0 Å². The number of esters is 1. The van der Waals surface area contributed by atoms with E-state index in [1.54, 1.807) is 7.11 Å². The Morgan fingerprint density at radius 3 is 2.45 bits per heavy atom. The second kappa shape index (κ2) is 9.17. The van der Waals surface area contributed by atoms with E-state index >= 15 is 0 Å². The molecule has 1 aliphatic heterocycles. The third kappa shape index (κ3) is 4.15. The van der Waals surface area contributed by atoms with Gasteiger partial charge in [0.15, 0.2) is 17.3 Å². The first-order valence-electron chi connectivity index (χ1n) is 11.2. The number of fused-ring (bicyclic) bond motifs is 1. The van der Waals surface area contributed by atoms with Crippen molar-refractivity contribution in [2.45, 2.75) is 39.3 Å². The van der Waals surface area contributed by atoms with Crippen LogP contribution in [0.5, 0.6) is 11.5 Å². The first-order valence-corrected chi connectivity index (χ1v) is 11.2. The molecule has 0 radical (unpaired) electrons. The van der Waals surface area contributed by atoms with Crippen LogP contribution in [0.2, 0.25) is 0 Å². The Morgan fingerprint density at radius 2 is 1.79 bits per heavy atom. The lowest BCUT2D eigenvalue weighted by atomic mass is 9.74. The Kier molecular flexibility index (Phi) is 6.31. The number of anilines is 2. The highest BCUT2D eigenvalue weighted by Crippen LogP contribution is 2.47. The fourth-order valence-electron chi connectivity index (χ4n) is 4.65. The number of ether oxygens (including phenoxy) is 3. The van der Waals surface area contributed by atoms with Gasteiger partial charge in [0.1, 0.15) is 5.92 Å². The second-order valence-electron chi connectivity index (χ2n) is 8.73. The van der Waals surface area contributed by atoms with Crippen molar-refractivity contribution < 1.29 is 23.8 Å². The van der Waals surface area contributed by atoms with Gasteiger partial charge in [-0.3, -0.25) is 9.59 Å². The number of para-hydroxylation sites is 3. The lowest BCUT2D eigenvalue weighted by Crippen LogP contribution is -2.39. The van der Waals surface area contributed by atoms with Crippen LogP contribution in [0.3, 0.4) is 0 Å². The Hall–Kier alpha value is -3.48. The molecule has 4 rings (SSSR count). The summed E-state index contributed by atoms with van der Waals surface area (Å²) < 4.78 is 16.8. The number of hydrogen-bond acceptors (Lipinski definition) is 7. The van der Waals surface area contributed by atoms with E-state index < -0.39 is 17.9 Å². The van der Waals surface area contributed by atoms with E-state index in [0.29, 0.717) is 23.5 Å². The first kappa shape index (κ1) is 22.7. The Bertz CT molecular complexity index is 1110. The van der Waals surface area contributed by atoms with Gasteiger partial charge < -0.3 is 24.8 Å². The Labute approximate surface area is 194 Å². The lowest BCUT2D eigenvalue weighted by Gasteiger charge is -2.33. The average Bonchev–Trinajstić information content (AvgIpc) is 2.95. The number of carbonyl (C=O) groups is 2. The van der Waals surface area contributed by atoms with E-state index in [4.69, 9.17) is 14.2 Å². The molecular weight excluding hydrogens is 420 g/mol. The number of carbonyl (C=O) groups excluding carboxylic acids is 2. The van der Waals surface area contributed by atoms with Crippen molar-refractivity contribution in [2.75, 3.05) is 24.9 Å². The predicted octanol–water partition coefficient (Wildman–Crippen LogP) is 4.71. The molecule has 0 spiro atoms. The molecule has 33 heavy (non-hydrogen) atoms. The Balaban J connectivity index is 1.93. The van der Waals surface area contributed by atoms with Crippen LogP contribution in [0.15, 0.2) is 53.7 Å². The summed E-state index contributed by atoms with van der Waals surface area (Å²) in [5.74, 6) is -0.660. The van der Waals surface area contributed by atoms with Crippen molar-refractivity contribution in [2.24, 2.45) is 11.8 Å². The molecule has 0 unspecified atom stereocenters. The van der Waals surface area contributed by atoms with Crippen molar-refractivity contribution in [3.05, 3.63) is 59.3 Å². The maximum absolute atomic E-state index is 13.8. The van der Waals surface area contributed by atoms with Crippen molar-refractivity contribution in [3.63, 3.8) is 0 Å². The number of hydrogen-bond donors (Lipinski definition) is 2. The SMILES string of the molecule is COC(=O)[C@H]1C(=O)C2=C(C[C@H]1C)Nc1ccccc1N[C@@H]2c1cccc(OC)c1OC(C)C. The molecule has 0 amide bonds. The molecule has 1 heterocycles. The zero-order valence-corrected chi connectivity index (χ0v) is 19.6. The molecule has 174 valence electrons. The number of rotatable bonds is 5. The maximum atomic E-state index is 13.8. The van der Waals surface area contributed by atoms with Gasteiger partial charge in [0.25, 0.3) is 0 Å². The van der Waals surface area contributed by atoms with Gasteiger partial charge in [-0.25, -0.2) is 0 Å². The fraction of sp³-hybridized carbons (Fsp3) is 0.385. The molecule has 1 aliphatic carbocycles. The minimum Gasteiger partial charge on any atom is -0.493 e. The van der Waals surface area contributed by atoms with Crippen molar-refractivity contribution >= 4 is 23.1 Å². The van der Waals surface area contributed by atoms with Gasteiger partial charge >= 0.3 is 5.97 Å². The summed E-state index contributed by atoms with van der Waals surface area (Å²) in [4.78, 5) is 26.4. The molecule has 7 nitrogen and oxygen atoms in total. The molecule has 3 atom stereocenters. The predicted molar refractivity (Wildman–Crippen MR) is 127 cm³/mol. The van der Waals surface area contributed by atoms with Gasteiger partial charge in [0, 0.05) is 16.8 Å². The molecule has 2 aliphatic rings. The summed E-state index contributed by atoms with van der Waals surface area (Å²) >= 11 is 0. The number of benzene rings is 2. The first-order chi connectivity index (χ1) is 15.8. The monoisotopic (exact) mass is 450 g/mol. The molecule has 0 saturated carbocycles. The second-order valence-corrected chi connectivity index (χ2v) is 8.73. The number of methoxy groups -OCH3 is 2. The van der Waals surface area contributed by atoms with Gasteiger partial charge in [-0.1, -0.05) is 31.2 Å². The zero-order chi connectivity index (χ0) is 23.7. The van der Waals surface area contributed by atoms with Crippen LogP contribution < -0.4 is 20.1 Å². The van der Waals surface area contributed by atoms with Crippen LogP contribution in [0.25, 0.3) is 0 Å². The van der Waals surface area contributed by atoms with Gasteiger partial charge in [0.05, 0.1) is 37.7 Å². The highest BCUT2D eigenvalue weighted by molar-refractivity contribution is 6.11. The van der Waals surface area contributed by atoms with E-state index in [-0.39, 0.29) is 17.8 Å². The topological polar surface area (TPSA) is 85.9 Å². The summed E-state index contributed by atoms with van der Waals surface area (Å²) in [6.45, 7) is 5.79. The van der Waals surface area contributed by atoms with Crippen LogP contribution in [0.1, 0.15) is 38.8 Å². The summed E-state index contributed by atoms with van der Waals surface area (Å²) in [6.07, 6.45) is 0.437. The number of allylic oxidation sites excluding steroid dienone is 1. The molecule has 0 fully saturated rings. The summed E-state index contributed by atoms with van der Waals surface area (Å²) in [5.41, 5.74) is 3.80. The minimum atomic E-state index is -0.860. The molecule has 7 heteroatoms. The Morgan fingerprint density at radius 1 is 1.06 bits per heavy atom. The molecule has 0 aromatic heterocycles. The van der Waals surface area contributed by atoms with Crippen LogP contribution >= 0.6 is 0 Å². The standard InChI is InChI=1S/C26H30N2O5/c1-14(2)33-25-16(9-8-12-20(25)31-4)23-22-19(27-17-10-6-7-11-18(17)28-23)13-15(3)21(24(22)29)26(30)32-5/h6-12,14-15,21,23,27-28H,13H2,1-5H3/t15-,21-,23-/m1/s1. The van der Waals surface area contributed by atoms with Gasteiger partial charge in [-0.2, -0.15) is 0 Å². The van der Waals surface area contributed by atoms with E-state index in [2.05, 4.69) is 10.6 Å². The summed E-state index contributed by atoms with van der Waals surface area (Å²) in [5, 5.41) is 6.99. The normalized spacial score (nSPS) is 21.9. The molecule has 2 aromatic rings. The fourth-order valence-corrected chi connectivity index (χ4v) is 4.65. The maximum Gasteiger partial charge on any atom is 0.316 e. The van der Waals surface area contributed by atoms with E-state index in [1.165, 1.54) is 7.11 Å². The van der Waals surface area contributed by atoms with Crippen molar-refractivity contribution in [3.8, 4) is 11.5 Å². The number of Topliss-reactive ketones (excluding diaryl/α,β-unsaturated/α-hetero) is 1. The highest BCUT2D eigenvalue weighted by Gasteiger charge is 2.45. The van der Waals surface area contributed by atoms with E-state index in [0.717, 1.165) is 22.6 Å². The molecule has 0 saturated heterocycles. The van der Waals surface area contributed by atoms with Crippen LogP contribution in [-0.4, -0.2) is 32.1 Å². The third-order valence-electron chi connectivity index (χ3n) is 6.12. The summed E-state index contributed by atoms with van der Waals surface area (Å²) in [7, 11) is 2.91. The van der Waals surface area contributed by atoms with Gasteiger partial charge in [0.2, 0.25) is 0 Å². The summed E-state index contributed by atoms with van der Waals surface area (Å²) in [6, 6.07) is 12.9. The quantitative estimate of drug-likeness (QED) is 0.504. The number of nitrogens with one attached hydrogen (secondary N) is 2. The van der Waals surface area contributed by atoms with Crippen LogP contribution in [0, 0.1) is 11.8 Å². The minimum absolute atomic E-state index is 0.102. The third-order valence-corrected chi connectivity index (χ3v) is 6.12. The highest BCUT2D eigenvalue weighted by atomic mass is 16.5. The molecule has 2 aromatic carbocycles. The average molecular weight is 451 g/mol. The largest absolute Gasteiger partial charge is 0.493 e. The van der Waals surface area contributed by atoms with Gasteiger partial charge in [-0.15, -0.1) is 0 Å². The molecular formula is C26H30N2O5. The zero-order valence-electron chi connectivity index (χ0n) is 19.6. The van der Waals surface area contributed by atoms with Crippen molar-refractivity contribution in [1.82, 2.24) is 0 Å². The smallest absolute Gasteiger partial charge is 0.316 e. The molecule has 0 bridgehead atoms. The van der Waals surface area contributed by atoms with Gasteiger partial charge in [-0.05, 0) is 44.4 Å². The van der Waals surface area contributed by atoms with E-state index in [9.17, 15) is 9.59 Å². The number of ketones is 1. The molecule has 2 N–H and O–H groups in total. The van der Waals surface area contributed by atoms with E-state index in [1.807, 2.05) is 63.2 Å².